The van der Waals surface area contributed by atoms with E-state index >= 15 is 0 Å². The minimum absolute atomic E-state index is 0.232. The number of hydrogen-bond acceptors (Lipinski definition) is 5. The molecule has 25 heavy (non-hydrogen) atoms. The van der Waals surface area contributed by atoms with Gasteiger partial charge < -0.3 is 9.47 Å². The Morgan fingerprint density at radius 1 is 1.08 bits per heavy atom. The number of aromatic nitrogens is 1. The third kappa shape index (κ3) is 3.92. The van der Waals surface area contributed by atoms with Gasteiger partial charge in [-0.2, -0.15) is 0 Å². The Morgan fingerprint density at radius 2 is 1.80 bits per heavy atom. The first-order chi connectivity index (χ1) is 12.1. The molecule has 0 saturated carbocycles. The Morgan fingerprint density at radius 3 is 2.48 bits per heavy atom. The summed E-state index contributed by atoms with van der Waals surface area (Å²) in [5, 5.41) is 5.77. The lowest BCUT2D eigenvalue weighted by molar-refractivity contribution is 0.102. The molecule has 1 amide bonds. The summed E-state index contributed by atoms with van der Waals surface area (Å²) in [6.45, 7) is 0. The zero-order valence-corrected chi connectivity index (χ0v) is 15.1. The van der Waals surface area contributed by atoms with E-state index in [4.69, 9.17) is 21.1 Å². The number of carbonyl (C=O) groups excluding carboxylic acids is 1. The van der Waals surface area contributed by atoms with Crippen LogP contribution in [0, 0.1) is 0 Å². The molecule has 0 atom stereocenters. The fourth-order valence-electron chi connectivity index (χ4n) is 2.23. The molecule has 0 aliphatic carbocycles. The maximum absolute atomic E-state index is 12.2. The van der Waals surface area contributed by atoms with Gasteiger partial charge in [0.05, 0.1) is 19.9 Å². The average molecular weight is 375 g/mol. The first-order valence-electron chi connectivity index (χ1n) is 7.35. The van der Waals surface area contributed by atoms with Gasteiger partial charge in [0.2, 0.25) is 0 Å². The lowest BCUT2D eigenvalue weighted by Crippen LogP contribution is -2.11. The van der Waals surface area contributed by atoms with E-state index in [2.05, 4.69) is 10.3 Å². The summed E-state index contributed by atoms with van der Waals surface area (Å²) in [4.78, 5) is 16.7. The molecule has 0 spiro atoms. The molecular formula is C18H15ClN2O3S. The van der Waals surface area contributed by atoms with Gasteiger partial charge in [0, 0.05) is 21.5 Å². The van der Waals surface area contributed by atoms with E-state index < -0.39 is 0 Å². The molecule has 128 valence electrons. The normalized spacial score (nSPS) is 10.4. The zero-order chi connectivity index (χ0) is 17.8. The van der Waals surface area contributed by atoms with Crippen molar-refractivity contribution in [2.45, 2.75) is 0 Å². The molecule has 0 bridgehead atoms. The number of carbonyl (C=O) groups is 1. The molecule has 0 fully saturated rings. The predicted octanol–water partition coefficient (Wildman–Crippen LogP) is 4.73. The predicted molar refractivity (Wildman–Crippen MR) is 100 cm³/mol. The third-order valence-corrected chi connectivity index (χ3v) is 4.52. The quantitative estimate of drug-likeness (QED) is 0.701. The highest BCUT2D eigenvalue weighted by Crippen LogP contribution is 2.33. The summed E-state index contributed by atoms with van der Waals surface area (Å²) in [7, 11) is 3.17. The molecule has 0 radical (unpaired) electrons. The van der Waals surface area contributed by atoms with Crippen LogP contribution in [0.2, 0.25) is 5.02 Å². The molecule has 1 aromatic heterocycles. The van der Waals surface area contributed by atoms with Gasteiger partial charge in [-0.15, -0.1) is 11.3 Å². The van der Waals surface area contributed by atoms with Crippen LogP contribution in [-0.2, 0) is 0 Å². The van der Waals surface area contributed by atoms with Crippen LogP contribution in [0.4, 0.5) is 5.13 Å². The molecule has 5 nitrogen and oxygen atoms in total. The maximum atomic E-state index is 12.2. The molecule has 1 heterocycles. The topological polar surface area (TPSA) is 60.5 Å². The zero-order valence-electron chi connectivity index (χ0n) is 13.6. The summed E-state index contributed by atoms with van der Waals surface area (Å²) < 4.78 is 10.5. The Bertz CT molecular complexity index is 894. The van der Waals surface area contributed by atoms with E-state index in [1.165, 1.54) is 11.3 Å². The van der Waals surface area contributed by atoms with E-state index in [9.17, 15) is 4.79 Å². The van der Waals surface area contributed by atoms with E-state index in [1.54, 1.807) is 38.5 Å². The Hall–Kier alpha value is -2.57. The first-order valence-corrected chi connectivity index (χ1v) is 8.61. The minimum atomic E-state index is -0.232. The van der Waals surface area contributed by atoms with E-state index in [1.807, 2.05) is 23.6 Å². The number of ether oxygens (including phenoxy) is 2. The highest BCUT2D eigenvalue weighted by Gasteiger charge is 2.12. The van der Waals surface area contributed by atoms with Crippen LogP contribution in [0.1, 0.15) is 10.4 Å². The van der Waals surface area contributed by atoms with Gasteiger partial charge in [0.25, 0.3) is 5.91 Å². The lowest BCUT2D eigenvalue weighted by atomic mass is 10.1. The fourth-order valence-corrected chi connectivity index (χ4v) is 3.07. The van der Waals surface area contributed by atoms with Crippen molar-refractivity contribution in [2.75, 3.05) is 19.5 Å². The Balaban J connectivity index is 1.78. The van der Waals surface area contributed by atoms with Crippen LogP contribution in [0.5, 0.6) is 11.5 Å². The average Bonchev–Trinajstić information content (AvgIpc) is 3.10. The van der Waals surface area contributed by atoms with Gasteiger partial charge in [-0.1, -0.05) is 11.6 Å². The van der Waals surface area contributed by atoms with Crippen LogP contribution in [0.25, 0.3) is 11.3 Å². The second-order valence-electron chi connectivity index (χ2n) is 5.07. The number of methoxy groups -OCH3 is 2. The highest BCUT2D eigenvalue weighted by molar-refractivity contribution is 7.14. The van der Waals surface area contributed by atoms with Crippen molar-refractivity contribution in [3.63, 3.8) is 0 Å². The number of halogens is 1. The second-order valence-corrected chi connectivity index (χ2v) is 6.36. The molecule has 0 aliphatic rings. The molecule has 0 saturated heterocycles. The SMILES string of the molecule is COc1ccc(-c2csc(NC(=O)c3ccc(Cl)cc3)n2)cc1OC. The van der Waals surface area contributed by atoms with Crippen molar-refractivity contribution >= 4 is 34.0 Å². The Labute approximate surface area is 154 Å². The lowest BCUT2D eigenvalue weighted by Gasteiger charge is -2.08. The molecule has 2 aromatic carbocycles. The summed E-state index contributed by atoms with van der Waals surface area (Å²) >= 11 is 7.19. The van der Waals surface area contributed by atoms with Gasteiger partial charge in [-0.05, 0) is 42.5 Å². The first kappa shape index (κ1) is 17.3. The van der Waals surface area contributed by atoms with Crippen molar-refractivity contribution in [3.8, 4) is 22.8 Å². The monoisotopic (exact) mass is 374 g/mol. The van der Waals surface area contributed by atoms with Crippen LogP contribution >= 0.6 is 22.9 Å². The van der Waals surface area contributed by atoms with Gasteiger partial charge >= 0.3 is 0 Å². The molecule has 7 heteroatoms. The standard InChI is InChI=1S/C18H15ClN2O3S/c1-23-15-8-5-12(9-16(15)24-2)14-10-25-18(20-14)21-17(22)11-3-6-13(19)7-4-11/h3-10H,1-2H3,(H,20,21,22). The van der Waals surface area contributed by atoms with Crippen molar-refractivity contribution in [2.24, 2.45) is 0 Å². The fraction of sp³-hybridized carbons (Fsp3) is 0.111. The molecule has 0 unspecified atom stereocenters. The summed E-state index contributed by atoms with van der Waals surface area (Å²) in [5.41, 5.74) is 2.14. The van der Waals surface area contributed by atoms with Crippen molar-refractivity contribution in [3.05, 3.63) is 58.4 Å². The minimum Gasteiger partial charge on any atom is -0.493 e. The van der Waals surface area contributed by atoms with Crippen molar-refractivity contribution in [1.29, 1.82) is 0 Å². The van der Waals surface area contributed by atoms with E-state index in [-0.39, 0.29) is 5.91 Å². The summed E-state index contributed by atoms with van der Waals surface area (Å²) in [6.07, 6.45) is 0. The smallest absolute Gasteiger partial charge is 0.257 e. The molecular weight excluding hydrogens is 360 g/mol. The number of benzene rings is 2. The number of anilines is 1. The number of nitrogens with zero attached hydrogens (tertiary/aromatic N) is 1. The van der Waals surface area contributed by atoms with Gasteiger partial charge in [0.15, 0.2) is 16.6 Å². The number of nitrogens with one attached hydrogen (secondary N) is 1. The van der Waals surface area contributed by atoms with Crippen LogP contribution in [-0.4, -0.2) is 25.1 Å². The number of amides is 1. The number of thiazole rings is 1. The van der Waals surface area contributed by atoms with Crippen molar-refractivity contribution in [1.82, 2.24) is 4.98 Å². The van der Waals surface area contributed by atoms with Gasteiger partial charge in [-0.3, -0.25) is 10.1 Å². The van der Waals surface area contributed by atoms with Gasteiger partial charge in [0.1, 0.15) is 0 Å². The molecule has 1 N–H and O–H groups in total. The van der Waals surface area contributed by atoms with Crippen LogP contribution in [0.3, 0.4) is 0 Å². The number of rotatable bonds is 5. The van der Waals surface area contributed by atoms with Crippen LogP contribution in [0.15, 0.2) is 47.8 Å². The summed E-state index contributed by atoms with van der Waals surface area (Å²) in [5.74, 6) is 1.04. The molecule has 3 rings (SSSR count). The van der Waals surface area contributed by atoms with Gasteiger partial charge in [-0.25, -0.2) is 4.98 Å². The van der Waals surface area contributed by atoms with E-state index in [0.29, 0.717) is 27.2 Å². The van der Waals surface area contributed by atoms with Crippen molar-refractivity contribution < 1.29 is 14.3 Å². The largest absolute Gasteiger partial charge is 0.493 e. The highest BCUT2D eigenvalue weighted by atomic mass is 35.5. The molecule has 0 aliphatic heterocycles. The number of hydrogen-bond donors (Lipinski definition) is 1. The summed E-state index contributed by atoms with van der Waals surface area (Å²) in [6, 6.07) is 12.2. The molecule has 3 aromatic rings. The Kier molecular flexibility index (Phi) is 5.21. The van der Waals surface area contributed by atoms with E-state index in [0.717, 1.165) is 11.3 Å². The maximum Gasteiger partial charge on any atom is 0.257 e. The second kappa shape index (κ2) is 7.55. The van der Waals surface area contributed by atoms with Crippen LogP contribution < -0.4 is 14.8 Å². The third-order valence-electron chi connectivity index (χ3n) is 3.51.